The van der Waals surface area contributed by atoms with Crippen LogP contribution in [0.2, 0.25) is 0 Å². The predicted octanol–water partition coefficient (Wildman–Crippen LogP) is -0.787. The Morgan fingerprint density at radius 1 is 1.42 bits per heavy atom. The lowest BCUT2D eigenvalue weighted by Crippen LogP contribution is -3.12. The van der Waals surface area contributed by atoms with Crippen LogP contribution in [0.5, 0.6) is 5.75 Å². The average Bonchev–Trinajstić information content (AvgIpc) is 3.38. The molecule has 26 heavy (non-hydrogen) atoms. The number of quaternary nitrogens is 1. The molecule has 1 saturated heterocycles. The van der Waals surface area contributed by atoms with Crippen molar-refractivity contribution in [3.05, 3.63) is 29.8 Å². The number of rotatable bonds is 7. The third-order valence-electron chi connectivity index (χ3n) is 4.75. The minimum atomic E-state index is -1.15. The van der Waals surface area contributed by atoms with E-state index >= 15 is 0 Å². The van der Waals surface area contributed by atoms with Crippen LogP contribution in [-0.4, -0.2) is 56.2 Å². The molecular formula is C18H25N4O4+. The van der Waals surface area contributed by atoms with Gasteiger partial charge in [0.25, 0.3) is 11.8 Å². The van der Waals surface area contributed by atoms with Crippen LogP contribution in [0.4, 0.5) is 4.79 Å². The Bertz CT molecular complexity index is 734. The van der Waals surface area contributed by atoms with E-state index in [2.05, 4.69) is 10.6 Å². The van der Waals surface area contributed by atoms with Gasteiger partial charge in [-0.1, -0.05) is 12.1 Å². The first-order valence-electron chi connectivity index (χ1n) is 8.73. The molecule has 0 aromatic heterocycles. The SMILES string of the molecule is COc1cccc([C@]2(C)NC(=O)N(C[NH+](C)CC(=O)NC3CC3)C2=O)c1. The highest BCUT2D eigenvalue weighted by Crippen LogP contribution is 2.30. The van der Waals surface area contributed by atoms with Crippen molar-refractivity contribution in [3.63, 3.8) is 0 Å². The number of carbonyl (C=O) groups excluding carboxylic acids is 3. The van der Waals surface area contributed by atoms with Gasteiger partial charge in [0.2, 0.25) is 0 Å². The standard InChI is InChI=1S/C18H24N4O4/c1-18(12-5-4-6-14(9-12)26-3)16(24)22(17(25)20-18)11-21(2)10-15(23)19-13-7-8-13/h4-6,9,13H,7-8,10-11H2,1-3H3,(H,19,23)(H,20,25)/p+1/t18-/m0/s1. The Labute approximate surface area is 152 Å². The number of benzene rings is 1. The Morgan fingerprint density at radius 3 is 2.81 bits per heavy atom. The van der Waals surface area contributed by atoms with Gasteiger partial charge in [-0.25, -0.2) is 9.69 Å². The van der Waals surface area contributed by atoms with Crippen molar-refractivity contribution in [2.24, 2.45) is 0 Å². The summed E-state index contributed by atoms with van der Waals surface area (Å²) in [6.45, 7) is 2.02. The number of urea groups is 1. The third-order valence-corrected chi connectivity index (χ3v) is 4.75. The normalized spacial score (nSPS) is 23.6. The molecule has 1 aromatic carbocycles. The Balaban J connectivity index is 1.68. The number of likely N-dealkylation sites (N-methyl/N-ethyl adjacent to an activating group) is 1. The summed E-state index contributed by atoms with van der Waals surface area (Å²) in [5.74, 6) is 0.217. The lowest BCUT2D eigenvalue weighted by Gasteiger charge is -2.23. The van der Waals surface area contributed by atoms with E-state index in [0.29, 0.717) is 17.4 Å². The molecule has 0 spiro atoms. The summed E-state index contributed by atoms with van der Waals surface area (Å²) in [6, 6.07) is 6.92. The smallest absolute Gasteiger partial charge is 0.329 e. The van der Waals surface area contributed by atoms with Crippen LogP contribution in [0, 0.1) is 0 Å². The molecule has 1 aliphatic heterocycles. The van der Waals surface area contributed by atoms with Crippen LogP contribution >= 0.6 is 0 Å². The maximum absolute atomic E-state index is 12.9. The number of methoxy groups -OCH3 is 1. The van der Waals surface area contributed by atoms with Crippen LogP contribution in [0.15, 0.2) is 24.3 Å². The number of amides is 4. The Kier molecular flexibility index (Phi) is 4.86. The van der Waals surface area contributed by atoms with E-state index in [4.69, 9.17) is 4.74 Å². The van der Waals surface area contributed by atoms with Crippen molar-refractivity contribution in [1.29, 1.82) is 0 Å². The molecule has 4 amide bonds. The van der Waals surface area contributed by atoms with E-state index in [1.807, 2.05) is 0 Å². The molecule has 140 valence electrons. The van der Waals surface area contributed by atoms with Crippen LogP contribution in [0.3, 0.4) is 0 Å². The van der Waals surface area contributed by atoms with Gasteiger partial charge in [0.15, 0.2) is 13.2 Å². The lowest BCUT2D eigenvalue weighted by molar-refractivity contribution is -0.879. The number of ether oxygens (including phenoxy) is 1. The zero-order valence-electron chi connectivity index (χ0n) is 15.3. The van der Waals surface area contributed by atoms with Gasteiger partial charge in [0.1, 0.15) is 11.3 Å². The first-order chi connectivity index (χ1) is 12.3. The second-order valence-corrected chi connectivity index (χ2v) is 7.15. The highest BCUT2D eigenvalue weighted by Gasteiger charge is 2.50. The van der Waals surface area contributed by atoms with Crippen LogP contribution < -0.4 is 20.3 Å². The van der Waals surface area contributed by atoms with Crippen LogP contribution in [-0.2, 0) is 15.1 Å². The second-order valence-electron chi connectivity index (χ2n) is 7.15. The molecule has 1 aliphatic carbocycles. The van der Waals surface area contributed by atoms with Crippen molar-refractivity contribution < 1.29 is 24.0 Å². The Hall–Kier alpha value is -2.61. The zero-order valence-corrected chi connectivity index (χ0v) is 15.3. The number of nitrogens with one attached hydrogen (secondary N) is 3. The molecule has 1 aromatic rings. The number of hydrogen-bond acceptors (Lipinski definition) is 4. The highest BCUT2D eigenvalue weighted by molar-refractivity contribution is 6.07. The first kappa shape index (κ1) is 18.2. The first-order valence-corrected chi connectivity index (χ1v) is 8.73. The van der Waals surface area contributed by atoms with Gasteiger partial charge in [0.05, 0.1) is 14.2 Å². The molecule has 8 heteroatoms. The second kappa shape index (κ2) is 6.95. The van der Waals surface area contributed by atoms with E-state index in [9.17, 15) is 14.4 Å². The topological polar surface area (TPSA) is 92.2 Å². The summed E-state index contributed by atoms with van der Waals surface area (Å²) in [5.41, 5.74) is -0.496. The van der Waals surface area contributed by atoms with E-state index in [-0.39, 0.29) is 25.0 Å². The number of hydrogen-bond donors (Lipinski definition) is 3. The van der Waals surface area contributed by atoms with Crippen molar-refractivity contribution in [3.8, 4) is 5.75 Å². The van der Waals surface area contributed by atoms with Gasteiger partial charge >= 0.3 is 6.03 Å². The summed E-state index contributed by atoms with van der Waals surface area (Å²) < 4.78 is 5.21. The fraction of sp³-hybridized carbons (Fsp3) is 0.500. The van der Waals surface area contributed by atoms with E-state index in [0.717, 1.165) is 17.7 Å². The summed E-state index contributed by atoms with van der Waals surface area (Å²) in [4.78, 5) is 39.2. The zero-order chi connectivity index (χ0) is 18.9. The lowest BCUT2D eigenvalue weighted by atomic mass is 9.92. The minimum absolute atomic E-state index is 0.0624. The molecule has 1 unspecified atom stereocenters. The molecular weight excluding hydrogens is 336 g/mol. The predicted molar refractivity (Wildman–Crippen MR) is 93.5 cm³/mol. The third kappa shape index (κ3) is 3.65. The number of nitrogens with zero attached hydrogens (tertiary/aromatic N) is 1. The van der Waals surface area contributed by atoms with Crippen molar-refractivity contribution in [2.45, 2.75) is 31.3 Å². The quantitative estimate of drug-likeness (QED) is 0.555. The summed E-state index contributed by atoms with van der Waals surface area (Å²) >= 11 is 0. The van der Waals surface area contributed by atoms with Crippen LogP contribution in [0.25, 0.3) is 0 Å². The molecule has 3 rings (SSSR count). The maximum Gasteiger partial charge on any atom is 0.329 e. The molecule has 1 heterocycles. The fourth-order valence-electron chi connectivity index (χ4n) is 3.08. The average molecular weight is 361 g/mol. The molecule has 3 N–H and O–H groups in total. The van der Waals surface area contributed by atoms with Gasteiger partial charge in [-0.15, -0.1) is 0 Å². The summed E-state index contributed by atoms with van der Waals surface area (Å²) in [7, 11) is 3.34. The summed E-state index contributed by atoms with van der Waals surface area (Å²) in [6.07, 6.45) is 2.05. The van der Waals surface area contributed by atoms with Gasteiger partial charge < -0.3 is 20.3 Å². The van der Waals surface area contributed by atoms with E-state index in [1.54, 1.807) is 45.3 Å². The van der Waals surface area contributed by atoms with Crippen molar-refractivity contribution >= 4 is 17.8 Å². The molecule has 1 saturated carbocycles. The molecule has 0 bridgehead atoms. The van der Waals surface area contributed by atoms with Gasteiger partial charge in [-0.05, 0) is 37.5 Å². The highest BCUT2D eigenvalue weighted by atomic mass is 16.5. The maximum atomic E-state index is 12.9. The van der Waals surface area contributed by atoms with Crippen molar-refractivity contribution in [1.82, 2.24) is 15.5 Å². The van der Waals surface area contributed by atoms with Crippen molar-refractivity contribution in [2.75, 3.05) is 27.4 Å². The van der Waals surface area contributed by atoms with E-state index < -0.39 is 11.6 Å². The molecule has 2 fully saturated rings. The fourth-order valence-corrected chi connectivity index (χ4v) is 3.08. The number of imide groups is 1. The Morgan fingerprint density at radius 2 is 2.15 bits per heavy atom. The van der Waals surface area contributed by atoms with Gasteiger partial charge in [0, 0.05) is 6.04 Å². The molecule has 2 aliphatic rings. The minimum Gasteiger partial charge on any atom is -0.497 e. The largest absolute Gasteiger partial charge is 0.497 e. The monoisotopic (exact) mass is 361 g/mol. The van der Waals surface area contributed by atoms with Gasteiger partial charge in [-0.2, -0.15) is 0 Å². The molecule has 8 nitrogen and oxygen atoms in total. The number of carbonyl (C=O) groups is 3. The van der Waals surface area contributed by atoms with Crippen LogP contribution in [0.1, 0.15) is 25.3 Å². The molecule has 2 atom stereocenters. The van der Waals surface area contributed by atoms with E-state index in [1.165, 1.54) is 4.90 Å². The van der Waals surface area contributed by atoms with Gasteiger partial charge in [-0.3, -0.25) is 9.59 Å². The molecule has 0 radical (unpaired) electrons. The summed E-state index contributed by atoms with van der Waals surface area (Å²) in [5, 5.41) is 5.68.